The minimum absolute atomic E-state index is 0.132. The Labute approximate surface area is 131 Å². The normalized spacial score (nSPS) is 11.5. The number of hydrogen-bond donors (Lipinski definition) is 2. The largest absolute Gasteiger partial charge is 0.366 e. The number of sulfonamides is 1. The molecular formula is C15H12N2O3S2. The van der Waals surface area contributed by atoms with Gasteiger partial charge in [0.05, 0.1) is 11.3 Å². The first-order valence-corrected chi connectivity index (χ1v) is 8.67. The van der Waals surface area contributed by atoms with Crippen LogP contribution in [0.5, 0.6) is 0 Å². The van der Waals surface area contributed by atoms with Gasteiger partial charge >= 0.3 is 0 Å². The van der Waals surface area contributed by atoms with Crippen molar-refractivity contribution in [3.63, 3.8) is 0 Å². The van der Waals surface area contributed by atoms with E-state index in [0.717, 1.165) is 10.1 Å². The van der Waals surface area contributed by atoms with E-state index in [4.69, 9.17) is 5.73 Å². The number of carbonyl (C=O) groups is 1. The maximum Gasteiger partial charge on any atom is 0.271 e. The molecule has 0 bridgehead atoms. The van der Waals surface area contributed by atoms with Crippen molar-refractivity contribution in [2.24, 2.45) is 5.73 Å². The average Bonchev–Trinajstić information content (AvgIpc) is 2.92. The van der Waals surface area contributed by atoms with E-state index in [1.54, 1.807) is 18.2 Å². The average molecular weight is 332 g/mol. The highest BCUT2D eigenvalue weighted by Gasteiger charge is 2.20. The van der Waals surface area contributed by atoms with Crippen LogP contribution in [0, 0.1) is 0 Å². The summed E-state index contributed by atoms with van der Waals surface area (Å²) in [5, 5.41) is 0.857. The molecule has 0 aliphatic heterocycles. The van der Waals surface area contributed by atoms with Crippen molar-refractivity contribution in [2.45, 2.75) is 4.21 Å². The fraction of sp³-hybridized carbons (Fsp3) is 0. The number of rotatable bonds is 4. The van der Waals surface area contributed by atoms with Crippen LogP contribution in [0.2, 0.25) is 0 Å². The van der Waals surface area contributed by atoms with Gasteiger partial charge in [0.15, 0.2) is 0 Å². The number of amides is 1. The number of benzene rings is 2. The Morgan fingerprint density at radius 3 is 2.45 bits per heavy atom. The lowest BCUT2D eigenvalue weighted by molar-refractivity contribution is 0.100. The quantitative estimate of drug-likeness (QED) is 0.770. The van der Waals surface area contributed by atoms with Crippen molar-refractivity contribution in [1.82, 2.24) is 0 Å². The number of para-hydroxylation sites is 1. The van der Waals surface area contributed by atoms with Crippen LogP contribution in [0.4, 0.5) is 5.69 Å². The number of nitrogens with one attached hydrogen (secondary N) is 1. The van der Waals surface area contributed by atoms with Crippen LogP contribution in [0.3, 0.4) is 0 Å². The van der Waals surface area contributed by atoms with Gasteiger partial charge in [-0.15, -0.1) is 11.3 Å². The molecule has 5 nitrogen and oxygen atoms in total. The van der Waals surface area contributed by atoms with E-state index in [-0.39, 0.29) is 15.5 Å². The van der Waals surface area contributed by atoms with Gasteiger partial charge in [-0.05, 0) is 29.7 Å². The topological polar surface area (TPSA) is 89.3 Å². The summed E-state index contributed by atoms with van der Waals surface area (Å²) in [5.41, 5.74) is 5.57. The Bertz CT molecular complexity index is 929. The van der Waals surface area contributed by atoms with E-state index in [1.165, 1.54) is 23.5 Å². The number of thiophene rings is 1. The molecule has 0 saturated carbocycles. The van der Waals surface area contributed by atoms with Crippen LogP contribution in [0.1, 0.15) is 10.4 Å². The number of primary amides is 1. The molecule has 1 amide bonds. The molecule has 7 heteroatoms. The molecule has 0 atom stereocenters. The minimum Gasteiger partial charge on any atom is -0.366 e. The van der Waals surface area contributed by atoms with Gasteiger partial charge in [0.25, 0.3) is 15.9 Å². The van der Waals surface area contributed by atoms with Crippen molar-refractivity contribution >= 4 is 43.0 Å². The third-order valence-corrected chi connectivity index (χ3v) is 6.06. The molecule has 0 unspecified atom stereocenters. The number of fused-ring (bicyclic) bond motifs is 1. The third-order valence-electron chi connectivity index (χ3n) is 3.10. The summed E-state index contributed by atoms with van der Waals surface area (Å²) in [4.78, 5) is 11.4. The van der Waals surface area contributed by atoms with E-state index in [9.17, 15) is 13.2 Å². The maximum atomic E-state index is 12.5. The van der Waals surface area contributed by atoms with E-state index in [0.29, 0.717) is 0 Å². The predicted octanol–water partition coefficient (Wildman–Crippen LogP) is 2.80. The van der Waals surface area contributed by atoms with Crippen LogP contribution in [0.25, 0.3) is 10.1 Å². The second-order valence-corrected chi connectivity index (χ2v) is 7.61. The summed E-state index contributed by atoms with van der Waals surface area (Å²) in [7, 11) is -3.77. The van der Waals surface area contributed by atoms with Crippen molar-refractivity contribution in [1.29, 1.82) is 0 Å². The first-order valence-electron chi connectivity index (χ1n) is 6.37. The zero-order valence-corrected chi connectivity index (χ0v) is 12.9. The Hall–Kier alpha value is -2.38. The number of hydrogen-bond acceptors (Lipinski definition) is 4. The van der Waals surface area contributed by atoms with Gasteiger partial charge < -0.3 is 5.73 Å². The SMILES string of the molecule is NC(=O)c1ccccc1NS(=O)(=O)c1cc2ccccc2s1. The molecule has 1 heterocycles. The van der Waals surface area contributed by atoms with Gasteiger partial charge in [0, 0.05) is 4.70 Å². The van der Waals surface area contributed by atoms with Gasteiger partial charge in [0.2, 0.25) is 0 Å². The van der Waals surface area contributed by atoms with Crippen LogP contribution in [-0.4, -0.2) is 14.3 Å². The molecule has 112 valence electrons. The van der Waals surface area contributed by atoms with E-state index >= 15 is 0 Å². The molecule has 0 aliphatic carbocycles. The van der Waals surface area contributed by atoms with Crippen LogP contribution in [-0.2, 0) is 10.0 Å². The Morgan fingerprint density at radius 1 is 1.05 bits per heavy atom. The molecule has 0 aliphatic rings. The summed E-state index contributed by atoms with van der Waals surface area (Å²) >= 11 is 1.17. The third kappa shape index (κ3) is 2.68. The highest BCUT2D eigenvalue weighted by atomic mass is 32.2. The first kappa shape index (κ1) is 14.6. The summed E-state index contributed by atoms with van der Waals surface area (Å²) in [6.07, 6.45) is 0. The standard InChI is InChI=1S/C15H12N2O3S2/c16-15(18)11-6-2-3-7-12(11)17-22(19,20)14-9-10-5-1-4-8-13(10)21-14/h1-9,17H,(H2,16,18). The summed E-state index contributed by atoms with van der Waals surface area (Å²) in [6, 6.07) is 15.3. The first-order chi connectivity index (χ1) is 10.5. The molecule has 0 saturated heterocycles. The van der Waals surface area contributed by atoms with Gasteiger partial charge in [-0.25, -0.2) is 8.42 Å². The van der Waals surface area contributed by atoms with Crippen molar-refractivity contribution in [3.05, 3.63) is 60.2 Å². The molecule has 0 radical (unpaired) electrons. The predicted molar refractivity (Wildman–Crippen MR) is 87.6 cm³/mol. The summed E-state index contributed by atoms with van der Waals surface area (Å²) < 4.78 is 28.5. The number of nitrogens with two attached hydrogens (primary N) is 1. The second-order valence-electron chi connectivity index (χ2n) is 4.62. The highest BCUT2D eigenvalue weighted by molar-refractivity contribution is 7.94. The lowest BCUT2D eigenvalue weighted by Gasteiger charge is -2.09. The lowest BCUT2D eigenvalue weighted by atomic mass is 10.2. The lowest BCUT2D eigenvalue weighted by Crippen LogP contribution is -2.17. The Balaban J connectivity index is 2.02. The van der Waals surface area contributed by atoms with E-state index < -0.39 is 15.9 Å². The molecule has 22 heavy (non-hydrogen) atoms. The molecule has 3 rings (SSSR count). The molecule has 3 N–H and O–H groups in total. The zero-order chi connectivity index (χ0) is 15.7. The van der Waals surface area contributed by atoms with Crippen molar-refractivity contribution < 1.29 is 13.2 Å². The smallest absolute Gasteiger partial charge is 0.271 e. The summed E-state index contributed by atoms with van der Waals surface area (Å²) in [5.74, 6) is -0.686. The van der Waals surface area contributed by atoms with Gasteiger partial charge in [-0.1, -0.05) is 30.3 Å². The molecule has 1 aromatic heterocycles. The van der Waals surface area contributed by atoms with Gasteiger partial charge in [0.1, 0.15) is 4.21 Å². The molecule has 2 aromatic carbocycles. The zero-order valence-electron chi connectivity index (χ0n) is 11.3. The molecular weight excluding hydrogens is 320 g/mol. The highest BCUT2D eigenvalue weighted by Crippen LogP contribution is 2.30. The monoisotopic (exact) mass is 332 g/mol. The van der Waals surface area contributed by atoms with Crippen LogP contribution < -0.4 is 10.5 Å². The van der Waals surface area contributed by atoms with Crippen molar-refractivity contribution in [3.8, 4) is 0 Å². The molecule has 3 aromatic rings. The van der Waals surface area contributed by atoms with E-state index in [1.807, 2.05) is 24.3 Å². The fourth-order valence-electron chi connectivity index (χ4n) is 2.07. The van der Waals surface area contributed by atoms with Gasteiger partial charge in [-0.2, -0.15) is 0 Å². The Kier molecular flexibility index (Phi) is 3.59. The minimum atomic E-state index is -3.77. The van der Waals surface area contributed by atoms with Gasteiger partial charge in [-0.3, -0.25) is 9.52 Å². The second kappa shape index (κ2) is 5.43. The van der Waals surface area contributed by atoms with Crippen LogP contribution in [0.15, 0.2) is 58.8 Å². The Morgan fingerprint density at radius 2 is 1.73 bits per heavy atom. The number of carbonyl (C=O) groups excluding carboxylic acids is 1. The fourth-order valence-corrected chi connectivity index (χ4v) is 4.55. The molecule has 0 spiro atoms. The van der Waals surface area contributed by atoms with Crippen molar-refractivity contribution in [2.75, 3.05) is 4.72 Å². The number of anilines is 1. The van der Waals surface area contributed by atoms with Crippen LogP contribution >= 0.6 is 11.3 Å². The van der Waals surface area contributed by atoms with E-state index in [2.05, 4.69) is 4.72 Å². The molecule has 0 fully saturated rings. The summed E-state index contributed by atoms with van der Waals surface area (Å²) in [6.45, 7) is 0. The maximum absolute atomic E-state index is 12.5.